The van der Waals surface area contributed by atoms with Gasteiger partial charge in [-0.05, 0) is 55.3 Å². The first-order valence-electron chi connectivity index (χ1n) is 9.56. The molecule has 0 saturated carbocycles. The first-order valence-corrected chi connectivity index (χ1v) is 11.7. The first kappa shape index (κ1) is 20.1. The van der Waals surface area contributed by atoms with E-state index in [1.165, 1.54) is 22.1 Å². The van der Waals surface area contributed by atoms with Crippen molar-refractivity contribution in [1.82, 2.24) is 19.3 Å². The molecule has 3 heterocycles. The number of benzene rings is 2. The lowest BCUT2D eigenvalue weighted by Gasteiger charge is -2.22. The zero-order chi connectivity index (χ0) is 21.5. The van der Waals surface area contributed by atoms with Gasteiger partial charge in [0, 0.05) is 27.9 Å². The average Bonchev–Trinajstić information content (AvgIpc) is 3.32. The van der Waals surface area contributed by atoms with Crippen LogP contribution in [0.5, 0.6) is 5.88 Å². The Morgan fingerprint density at radius 2 is 1.94 bits per heavy atom. The Labute approximate surface area is 191 Å². The monoisotopic (exact) mass is 467 g/mol. The third-order valence-corrected chi connectivity index (χ3v) is 7.28. The van der Waals surface area contributed by atoms with Gasteiger partial charge in [-0.25, -0.2) is 4.98 Å². The maximum atomic E-state index is 13.2. The van der Waals surface area contributed by atoms with Crippen molar-refractivity contribution in [2.75, 3.05) is 5.75 Å². The molecule has 0 spiro atoms. The molecule has 1 aromatic heterocycles. The number of fused-ring (bicyclic) bond motifs is 2. The quantitative estimate of drug-likeness (QED) is 0.354. The highest BCUT2D eigenvalue weighted by Crippen LogP contribution is 2.29. The van der Waals surface area contributed by atoms with Crippen molar-refractivity contribution in [3.05, 3.63) is 75.7 Å². The SMILES string of the molecule is Cc1c2c(=O)n(-c3nc4ccccc4s3)nc-2cc([O-])n1CCSc1ccc(Cl)cc1. The van der Waals surface area contributed by atoms with Crippen LogP contribution in [0.2, 0.25) is 5.02 Å². The maximum Gasteiger partial charge on any atom is 0.284 e. The van der Waals surface area contributed by atoms with E-state index in [1.54, 1.807) is 23.3 Å². The highest BCUT2D eigenvalue weighted by molar-refractivity contribution is 7.99. The van der Waals surface area contributed by atoms with Gasteiger partial charge in [0.2, 0.25) is 5.13 Å². The summed E-state index contributed by atoms with van der Waals surface area (Å²) in [6.07, 6.45) is 0. The topological polar surface area (TPSA) is 75.8 Å². The van der Waals surface area contributed by atoms with Crippen molar-refractivity contribution < 1.29 is 5.11 Å². The summed E-state index contributed by atoms with van der Waals surface area (Å²) in [6.45, 7) is 2.28. The lowest BCUT2D eigenvalue weighted by molar-refractivity contribution is -0.279. The molecule has 0 radical (unpaired) electrons. The van der Waals surface area contributed by atoms with E-state index < -0.39 is 0 Å². The van der Waals surface area contributed by atoms with Gasteiger partial charge < -0.3 is 9.67 Å². The van der Waals surface area contributed by atoms with Gasteiger partial charge in [0.05, 0.1) is 21.5 Å². The first-order chi connectivity index (χ1) is 15.0. The number of thioether (sulfide) groups is 1. The standard InChI is InChI=1S/C22H17ClN4O2S2/c1-13-20-17(12-19(28)26(13)10-11-30-15-8-6-14(23)7-9-15)25-27(21(20)29)22-24-16-4-2-3-5-18(16)31-22/h2-9,12,28H,10-11H2,1H3/p-1. The molecule has 0 bridgehead atoms. The summed E-state index contributed by atoms with van der Waals surface area (Å²) in [5.74, 6) is 0.518. The Bertz CT molecular complexity index is 1390. The number of para-hydroxylation sites is 1. The minimum Gasteiger partial charge on any atom is -0.860 e. The van der Waals surface area contributed by atoms with Gasteiger partial charge in [-0.2, -0.15) is 9.78 Å². The van der Waals surface area contributed by atoms with Crippen molar-refractivity contribution in [3.8, 4) is 22.3 Å². The van der Waals surface area contributed by atoms with Crippen molar-refractivity contribution in [2.24, 2.45) is 0 Å². The zero-order valence-electron chi connectivity index (χ0n) is 16.4. The maximum absolute atomic E-state index is 13.2. The number of halogens is 1. The number of rotatable bonds is 5. The van der Waals surface area contributed by atoms with E-state index in [9.17, 15) is 9.90 Å². The second-order valence-electron chi connectivity index (χ2n) is 6.96. The Morgan fingerprint density at radius 3 is 2.71 bits per heavy atom. The third kappa shape index (κ3) is 3.71. The van der Waals surface area contributed by atoms with Crippen LogP contribution >= 0.6 is 34.7 Å². The third-order valence-electron chi connectivity index (χ3n) is 5.02. The van der Waals surface area contributed by atoms with Crippen molar-refractivity contribution in [3.63, 3.8) is 0 Å². The molecule has 0 amide bonds. The summed E-state index contributed by atoms with van der Waals surface area (Å²) in [4.78, 5) is 18.7. The highest BCUT2D eigenvalue weighted by Gasteiger charge is 2.22. The van der Waals surface area contributed by atoms with Crippen LogP contribution in [0.3, 0.4) is 0 Å². The van der Waals surface area contributed by atoms with Crippen molar-refractivity contribution in [1.29, 1.82) is 0 Å². The zero-order valence-corrected chi connectivity index (χ0v) is 18.8. The molecule has 2 aliphatic rings. The van der Waals surface area contributed by atoms with E-state index in [2.05, 4.69) is 10.1 Å². The molecule has 31 heavy (non-hydrogen) atoms. The summed E-state index contributed by atoms with van der Waals surface area (Å²) in [7, 11) is 0. The normalized spacial score (nSPS) is 11.5. The van der Waals surface area contributed by atoms with E-state index >= 15 is 0 Å². The fraction of sp³-hybridized carbons (Fsp3) is 0.136. The molecule has 3 aromatic rings. The number of aromatic nitrogens is 4. The Hall–Kier alpha value is -2.81. The van der Waals surface area contributed by atoms with E-state index in [4.69, 9.17) is 11.6 Å². The number of pyridine rings is 1. The number of hydrogen-bond donors (Lipinski definition) is 0. The minimum atomic E-state index is -0.259. The van der Waals surface area contributed by atoms with Gasteiger partial charge in [-0.3, -0.25) is 4.79 Å². The smallest absolute Gasteiger partial charge is 0.284 e. The molecule has 0 fully saturated rings. The summed E-state index contributed by atoms with van der Waals surface area (Å²) >= 11 is 8.95. The molecule has 0 unspecified atom stereocenters. The van der Waals surface area contributed by atoms with Crippen LogP contribution in [0.1, 0.15) is 5.69 Å². The lowest BCUT2D eigenvalue weighted by Crippen LogP contribution is -2.18. The van der Waals surface area contributed by atoms with Gasteiger partial charge in [-0.1, -0.05) is 35.1 Å². The van der Waals surface area contributed by atoms with Crippen LogP contribution in [0.25, 0.3) is 26.6 Å². The summed E-state index contributed by atoms with van der Waals surface area (Å²) in [5.41, 5.74) is 2.03. The molecule has 2 aliphatic heterocycles. The van der Waals surface area contributed by atoms with Crippen LogP contribution in [-0.2, 0) is 6.54 Å². The van der Waals surface area contributed by atoms with Gasteiger partial charge in [0.15, 0.2) is 0 Å². The molecule has 0 saturated heterocycles. The van der Waals surface area contributed by atoms with Crippen molar-refractivity contribution >= 4 is 44.9 Å². The Kier molecular flexibility index (Phi) is 5.21. The average molecular weight is 468 g/mol. The molecule has 5 rings (SSSR count). The largest absolute Gasteiger partial charge is 0.860 e. The molecule has 0 N–H and O–H groups in total. The number of hydrogen-bond acceptors (Lipinski definition) is 6. The molecular formula is C22H16ClN4O2S2-. The molecular weight excluding hydrogens is 452 g/mol. The van der Waals surface area contributed by atoms with Crippen LogP contribution in [-0.4, -0.2) is 25.1 Å². The molecule has 9 heteroatoms. The summed E-state index contributed by atoms with van der Waals surface area (Å²) < 4.78 is 3.91. The van der Waals surface area contributed by atoms with Gasteiger partial charge >= 0.3 is 0 Å². The van der Waals surface area contributed by atoms with Crippen LogP contribution in [0.4, 0.5) is 0 Å². The molecule has 156 valence electrons. The van der Waals surface area contributed by atoms with E-state index in [1.807, 2.05) is 48.5 Å². The Balaban J connectivity index is 1.48. The highest BCUT2D eigenvalue weighted by atomic mass is 35.5. The van der Waals surface area contributed by atoms with E-state index in [-0.39, 0.29) is 11.4 Å². The summed E-state index contributed by atoms with van der Waals surface area (Å²) in [6, 6.07) is 16.7. The predicted molar refractivity (Wildman–Crippen MR) is 124 cm³/mol. The van der Waals surface area contributed by atoms with Gasteiger partial charge in [0.1, 0.15) is 0 Å². The van der Waals surface area contributed by atoms with E-state index in [0.29, 0.717) is 39.4 Å². The second kappa shape index (κ2) is 8.03. The molecule has 2 aromatic carbocycles. The lowest BCUT2D eigenvalue weighted by atomic mass is 10.1. The van der Waals surface area contributed by atoms with Crippen LogP contribution in [0, 0.1) is 6.92 Å². The molecule has 0 atom stereocenters. The fourth-order valence-electron chi connectivity index (χ4n) is 3.50. The number of thiazole rings is 1. The van der Waals surface area contributed by atoms with E-state index in [0.717, 1.165) is 15.1 Å². The fourth-order valence-corrected chi connectivity index (χ4v) is 5.38. The van der Waals surface area contributed by atoms with Gasteiger partial charge in [-0.15, -0.1) is 11.8 Å². The number of nitrogens with zero attached hydrogens (tertiary/aromatic N) is 4. The Morgan fingerprint density at radius 1 is 1.16 bits per heavy atom. The predicted octanol–water partition coefficient (Wildman–Crippen LogP) is 4.58. The second-order valence-corrected chi connectivity index (χ2v) is 9.58. The van der Waals surface area contributed by atoms with Crippen LogP contribution < -0.4 is 10.7 Å². The van der Waals surface area contributed by atoms with Gasteiger partial charge in [0.25, 0.3) is 5.56 Å². The summed E-state index contributed by atoms with van der Waals surface area (Å²) in [5, 5.41) is 18.3. The molecule has 6 nitrogen and oxygen atoms in total. The van der Waals surface area contributed by atoms with Crippen LogP contribution in [0.15, 0.2) is 64.3 Å². The van der Waals surface area contributed by atoms with Crippen molar-refractivity contribution in [2.45, 2.75) is 18.4 Å². The minimum absolute atomic E-state index is 0.171. The molecule has 0 aliphatic carbocycles.